The van der Waals surface area contributed by atoms with Crippen LogP contribution in [0.15, 0.2) is 59.7 Å². The highest BCUT2D eigenvalue weighted by Gasteiger charge is 2.12. The maximum Gasteiger partial charge on any atom is 0.258 e. The first kappa shape index (κ1) is 17.2. The van der Waals surface area contributed by atoms with E-state index in [9.17, 15) is 9.59 Å². The highest BCUT2D eigenvalue weighted by atomic mass is 16.5. The third-order valence-electron chi connectivity index (χ3n) is 4.61. The summed E-state index contributed by atoms with van der Waals surface area (Å²) in [6, 6.07) is 13.0. The molecule has 0 saturated carbocycles. The lowest BCUT2D eigenvalue weighted by atomic mass is 10.0. The van der Waals surface area contributed by atoms with Crippen LogP contribution in [0.1, 0.15) is 32.6 Å². The second kappa shape index (κ2) is 7.17. The van der Waals surface area contributed by atoms with E-state index >= 15 is 0 Å². The normalized spacial score (nSPS) is 12.6. The summed E-state index contributed by atoms with van der Waals surface area (Å²) in [7, 11) is 1.61. The Morgan fingerprint density at radius 1 is 1.11 bits per heavy atom. The average molecular weight is 361 g/mol. The fourth-order valence-corrected chi connectivity index (χ4v) is 3.09. The van der Waals surface area contributed by atoms with E-state index in [1.165, 1.54) is 39.6 Å². The van der Waals surface area contributed by atoms with Crippen molar-refractivity contribution in [3.63, 3.8) is 0 Å². The third-order valence-corrected chi connectivity index (χ3v) is 4.61. The highest BCUT2D eigenvalue weighted by molar-refractivity contribution is 6.03. The van der Waals surface area contributed by atoms with Crippen molar-refractivity contribution >= 4 is 11.7 Å². The third kappa shape index (κ3) is 3.80. The molecule has 0 radical (unpaired) electrons. The molecule has 0 aliphatic carbocycles. The smallest absolute Gasteiger partial charge is 0.258 e. The zero-order valence-corrected chi connectivity index (χ0v) is 14.9. The van der Waals surface area contributed by atoms with Crippen molar-refractivity contribution in [3.8, 4) is 0 Å². The first-order chi connectivity index (χ1) is 13.1. The molecule has 4 rings (SSSR count). The maximum absolute atomic E-state index is 12.3. The molecular formula is C21H19N3O3. The van der Waals surface area contributed by atoms with Gasteiger partial charge in [0.15, 0.2) is 0 Å². The summed E-state index contributed by atoms with van der Waals surface area (Å²) < 4.78 is 6.82. The first-order valence-electron chi connectivity index (χ1n) is 8.70. The fourth-order valence-electron chi connectivity index (χ4n) is 3.09. The Morgan fingerprint density at radius 2 is 1.93 bits per heavy atom. The molecule has 0 fully saturated rings. The highest BCUT2D eigenvalue weighted by Crippen LogP contribution is 2.22. The molecule has 136 valence electrons. The first-order valence-corrected chi connectivity index (χ1v) is 8.70. The number of benzene rings is 1. The molecule has 1 amide bonds. The number of nitrogens with one attached hydrogen (secondary N) is 1. The standard InChI is InChI=1S/C21H19N3O3/c1-24-11-16(5-7-20(24)25)21(26)23-19-6-3-15(10-22-19)8-14-2-4-17-12-27-13-18(17)9-14/h2-7,9-11H,8,12-13H2,1H3,(H,22,23,26). The Bertz CT molecular complexity index is 1060. The molecule has 0 saturated heterocycles. The summed E-state index contributed by atoms with van der Waals surface area (Å²) in [5, 5.41) is 2.75. The van der Waals surface area contributed by atoms with Gasteiger partial charge in [0.2, 0.25) is 5.56 Å². The predicted octanol–water partition coefficient (Wildman–Crippen LogP) is 2.65. The molecule has 0 atom stereocenters. The van der Waals surface area contributed by atoms with Gasteiger partial charge < -0.3 is 14.6 Å². The molecule has 6 heteroatoms. The number of carbonyl (C=O) groups excluding carboxylic acids is 1. The van der Waals surface area contributed by atoms with E-state index in [4.69, 9.17) is 4.74 Å². The van der Waals surface area contributed by atoms with Crippen molar-refractivity contribution in [2.24, 2.45) is 7.05 Å². The Kier molecular flexibility index (Phi) is 4.56. The van der Waals surface area contributed by atoms with Crippen LogP contribution in [0.3, 0.4) is 0 Å². The number of aryl methyl sites for hydroxylation is 1. The zero-order chi connectivity index (χ0) is 18.8. The van der Waals surface area contributed by atoms with Gasteiger partial charge in [0, 0.05) is 25.5 Å². The zero-order valence-electron chi connectivity index (χ0n) is 14.9. The van der Waals surface area contributed by atoms with Gasteiger partial charge in [-0.25, -0.2) is 4.98 Å². The minimum absolute atomic E-state index is 0.160. The van der Waals surface area contributed by atoms with Crippen LogP contribution < -0.4 is 10.9 Å². The molecule has 3 heterocycles. The average Bonchev–Trinajstić information content (AvgIpc) is 3.13. The van der Waals surface area contributed by atoms with Crippen molar-refractivity contribution in [2.45, 2.75) is 19.6 Å². The number of hydrogen-bond donors (Lipinski definition) is 1. The molecular weight excluding hydrogens is 342 g/mol. The number of rotatable bonds is 4. The monoisotopic (exact) mass is 361 g/mol. The van der Waals surface area contributed by atoms with E-state index in [1.807, 2.05) is 6.07 Å². The minimum atomic E-state index is -0.301. The number of carbonyl (C=O) groups is 1. The number of amides is 1. The summed E-state index contributed by atoms with van der Waals surface area (Å²) in [5.74, 6) is 0.171. The van der Waals surface area contributed by atoms with Gasteiger partial charge in [-0.3, -0.25) is 9.59 Å². The number of aromatic nitrogens is 2. The molecule has 3 aromatic rings. The summed E-state index contributed by atoms with van der Waals surface area (Å²) >= 11 is 0. The van der Waals surface area contributed by atoms with Gasteiger partial charge in [-0.15, -0.1) is 0 Å². The number of anilines is 1. The number of pyridine rings is 2. The Morgan fingerprint density at radius 3 is 2.70 bits per heavy atom. The molecule has 1 aliphatic rings. The van der Waals surface area contributed by atoms with E-state index in [0.29, 0.717) is 24.6 Å². The number of ether oxygens (including phenoxy) is 1. The van der Waals surface area contributed by atoms with Gasteiger partial charge in [0.25, 0.3) is 5.91 Å². The van der Waals surface area contributed by atoms with Crippen LogP contribution in [0.5, 0.6) is 0 Å². The number of hydrogen-bond acceptors (Lipinski definition) is 4. The SMILES string of the molecule is Cn1cc(C(=O)Nc2ccc(Cc3ccc4c(c3)COC4)cn2)ccc1=O. The Labute approximate surface area is 156 Å². The molecule has 0 spiro atoms. The molecule has 1 aromatic carbocycles. The lowest BCUT2D eigenvalue weighted by Gasteiger charge is -2.07. The van der Waals surface area contributed by atoms with Gasteiger partial charge in [-0.05, 0) is 40.8 Å². The lowest BCUT2D eigenvalue weighted by Crippen LogP contribution is -2.19. The second-order valence-corrected chi connectivity index (χ2v) is 6.65. The Balaban J connectivity index is 1.43. The van der Waals surface area contributed by atoms with Crippen LogP contribution in [0.25, 0.3) is 0 Å². The van der Waals surface area contributed by atoms with Crippen molar-refractivity contribution in [1.29, 1.82) is 0 Å². The van der Waals surface area contributed by atoms with Gasteiger partial charge in [-0.2, -0.15) is 0 Å². The topological polar surface area (TPSA) is 73.2 Å². The van der Waals surface area contributed by atoms with Crippen LogP contribution in [0, 0.1) is 0 Å². The summed E-state index contributed by atoms with van der Waals surface area (Å²) in [6.45, 7) is 1.37. The Hall–Kier alpha value is -3.25. The molecule has 0 unspecified atom stereocenters. The van der Waals surface area contributed by atoms with Crippen LogP contribution in [0.2, 0.25) is 0 Å². The van der Waals surface area contributed by atoms with Gasteiger partial charge in [0.1, 0.15) is 5.82 Å². The largest absolute Gasteiger partial charge is 0.372 e. The quantitative estimate of drug-likeness (QED) is 0.775. The number of fused-ring (bicyclic) bond motifs is 1. The number of nitrogens with zero attached hydrogens (tertiary/aromatic N) is 2. The molecule has 1 aliphatic heterocycles. The molecule has 27 heavy (non-hydrogen) atoms. The summed E-state index contributed by atoms with van der Waals surface area (Å²) in [4.78, 5) is 28.0. The van der Waals surface area contributed by atoms with Crippen molar-refractivity contribution in [1.82, 2.24) is 9.55 Å². The lowest BCUT2D eigenvalue weighted by molar-refractivity contribution is 0.102. The van der Waals surface area contributed by atoms with Crippen molar-refractivity contribution in [3.05, 3.63) is 93.0 Å². The molecule has 0 bridgehead atoms. The van der Waals surface area contributed by atoms with Gasteiger partial charge >= 0.3 is 0 Å². The summed E-state index contributed by atoms with van der Waals surface area (Å²) in [5.41, 5.74) is 5.03. The van der Waals surface area contributed by atoms with Crippen molar-refractivity contribution < 1.29 is 9.53 Å². The van der Waals surface area contributed by atoms with Crippen molar-refractivity contribution in [2.75, 3.05) is 5.32 Å². The minimum Gasteiger partial charge on any atom is -0.372 e. The van der Waals surface area contributed by atoms with Crippen LogP contribution in [-0.4, -0.2) is 15.5 Å². The fraction of sp³-hybridized carbons (Fsp3) is 0.190. The molecule has 2 aromatic heterocycles. The maximum atomic E-state index is 12.3. The van der Waals surface area contributed by atoms with Gasteiger partial charge in [0.05, 0.1) is 18.8 Å². The van der Waals surface area contributed by atoms with Gasteiger partial charge in [-0.1, -0.05) is 24.3 Å². The molecule has 6 nitrogen and oxygen atoms in total. The summed E-state index contributed by atoms with van der Waals surface area (Å²) in [6.07, 6.45) is 4.04. The molecule has 1 N–H and O–H groups in total. The van der Waals surface area contributed by atoms with E-state index < -0.39 is 0 Å². The van der Waals surface area contributed by atoms with Crippen LogP contribution in [0.4, 0.5) is 5.82 Å². The van der Waals surface area contributed by atoms with E-state index in [-0.39, 0.29) is 11.5 Å². The van der Waals surface area contributed by atoms with E-state index in [0.717, 1.165) is 12.0 Å². The van der Waals surface area contributed by atoms with E-state index in [1.54, 1.807) is 19.3 Å². The second-order valence-electron chi connectivity index (χ2n) is 6.65. The predicted molar refractivity (Wildman–Crippen MR) is 102 cm³/mol. The van der Waals surface area contributed by atoms with Crippen LogP contribution >= 0.6 is 0 Å². The van der Waals surface area contributed by atoms with Crippen LogP contribution in [-0.2, 0) is 31.4 Å². The van der Waals surface area contributed by atoms with E-state index in [2.05, 4.69) is 28.5 Å².